The van der Waals surface area contributed by atoms with Gasteiger partial charge < -0.3 is 44.3 Å². The number of benzene rings is 4. The van der Waals surface area contributed by atoms with E-state index in [4.69, 9.17) is 23.7 Å². The molecular weight excluding hydrogens is 851 g/mol. The predicted octanol–water partition coefficient (Wildman–Crippen LogP) is 4.89. The van der Waals surface area contributed by atoms with E-state index < -0.39 is 113 Å². The van der Waals surface area contributed by atoms with E-state index in [1.807, 2.05) is 18.2 Å². The third-order valence-corrected chi connectivity index (χ3v) is 14.5. The van der Waals surface area contributed by atoms with Crippen LogP contribution in [-0.4, -0.2) is 105 Å². The lowest BCUT2D eigenvalue weighted by molar-refractivity contribution is -0.346. The van der Waals surface area contributed by atoms with E-state index in [1.165, 1.54) is 26.0 Å². The quantitative estimate of drug-likeness (QED) is 0.0947. The topological polar surface area (TPSA) is 221 Å². The van der Waals surface area contributed by atoms with Gasteiger partial charge in [-0.3, -0.25) is 19.2 Å². The minimum atomic E-state index is -2.40. The number of esters is 4. The number of amides is 1. The Morgan fingerprint density at radius 1 is 0.818 bits per heavy atom. The fourth-order valence-electron chi connectivity index (χ4n) is 11.0. The number of ether oxygens (including phenoxy) is 5. The lowest BCUT2D eigenvalue weighted by atomic mass is 9.44. The van der Waals surface area contributed by atoms with E-state index in [9.17, 15) is 39.3 Å². The minimum absolute atomic E-state index is 0.00578. The fourth-order valence-corrected chi connectivity index (χ4v) is 11.0. The van der Waals surface area contributed by atoms with Crippen molar-refractivity contribution in [1.29, 1.82) is 0 Å². The van der Waals surface area contributed by atoms with Gasteiger partial charge in [-0.1, -0.05) is 98.8 Å². The third kappa shape index (κ3) is 7.47. The molecule has 4 aliphatic rings. The standard InChI is InChI=1S/C51H53NO14/c1-27-35(64-47(60)40(56)39(31-17-9-7-10-18-31)52-45(58)34-23-15-21-30-16-13-14-22-33(30)34)25-51(61)44(65-46(59)32-19-11-8-12-20-32)42-49(6,36(55)24-37-50(42,26-62-37)66-29(3)54)43(57)41(63-28(2)53)38(27)48(51,4)5/h7-23,35-37,39-42,44,55-56,61H,24-26H2,1-6H3,(H,52,58)/t35-,36-,37+,39-,40+,41+,42-,44-,49+,50-,51+/m0/s1. The first-order valence-corrected chi connectivity index (χ1v) is 21.9. The molecule has 0 radical (unpaired) electrons. The number of nitrogens with one attached hydrogen (secondary N) is 1. The van der Waals surface area contributed by atoms with Gasteiger partial charge in [-0.15, -0.1) is 0 Å². The van der Waals surface area contributed by atoms with Crippen LogP contribution in [0.25, 0.3) is 10.8 Å². The summed E-state index contributed by atoms with van der Waals surface area (Å²) in [4.78, 5) is 84.6. The predicted molar refractivity (Wildman–Crippen MR) is 235 cm³/mol. The highest BCUT2D eigenvalue weighted by Crippen LogP contribution is 2.64. The van der Waals surface area contributed by atoms with E-state index in [0.717, 1.165) is 19.2 Å². The highest BCUT2D eigenvalue weighted by Gasteiger charge is 2.78. The molecule has 2 saturated carbocycles. The van der Waals surface area contributed by atoms with Gasteiger partial charge in [0.15, 0.2) is 23.6 Å². The highest BCUT2D eigenvalue weighted by atomic mass is 16.6. The average molecular weight is 904 g/mol. The Morgan fingerprint density at radius 3 is 2.09 bits per heavy atom. The van der Waals surface area contributed by atoms with Gasteiger partial charge in [-0.05, 0) is 59.5 Å². The van der Waals surface area contributed by atoms with Crippen molar-refractivity contribution in [3.8, 4) is 0 Å². The van der Waals surface area contributed by atoms with E-state index in [2.05, 4.69) is 5.32 Å². The zero-order valence-corrected chi connectivity index (χ0v) is 37.4. The molecule has 1 amide bonds. The van der Waals surface area contributed by atoms with E-state index in [0.29, 0.717) is 10.9 Å². The second-order valence-corrected chi connectivity index (χ2v) is 18.5. The number of fused-ring (bicyclic) bond motifs is 6. The van der Waals surface area contributed by atoms with E-state index >= 15 is 4.79 Å². The summed E-state index contributed by atoms with van der Waals surface area (Å²) in [5.74, 6) is -6.86. The average Bonchev–Trinajstić information content (AvgIpc) is 3.29. The molecule has 11 atom stereocenters. The van der Waals surface area contributed by atoms with Crippen LogP contribution in [0.1, 0.15) is 86.7 Å². The van der Waals surface area contributed by atoms with Gasteiger partial charge in [-0.2, -0.15) is 0 Å². The Labute approximate surface area is 381 Å². The molecule has 3 aliphatic carbocycles. The smallest absolute Gasteiger partial charge is 0.338 e. The number of rotatable bonds is 10. The Balaban J connectivity index is 1.26. The maximum Gasteiger partial charge on any atom is 0.338 e. The summed E-state index contributed by atoms with van der Waals surface area (Å²) >= 11 is 0. The zero-order valence-electron chi connectivity index (χ0n) is 37.4. The zero-order chi connectivity index (χ0) is 47.5. The second kappa shape index (κ2) is 17.2. The summed E-state index contributed by atoms with van der Waals surface area (Å²) in [6.07, 6.45) is -10.6. The van der Waals surface area contributed by atoms with Gasteiger partial charge in [0.05, 0.1) is 35.6 Å². The molecule has 1 heterocycles. The SMILES string of the molecule is CC(=O)O[C@H]1C(=O)[C@@]2(C)[C@H]([C@H](OC(=O)c3ccccc3)[C@]3(O)C[C@H](OC(=O)[C@H](O)[C@@H](NC(=O)c4cccc5ccccc45)c4ccccc4)C(C)=C1C3(C)C)[C@]1(OC(C)=O)CO[C@@H]1C[C@@H]2O. The molecule has 1 aliphatic heterocycles. The van der Waals surface area contributed by atoms with Crippen LogP contribution in [0, 0.1) is 16.7 Å². The minimum Gasteiger partial charge on any atom is -0.456 e. The van der Waals surface area contributed by atoms with Crippen molar-refractivity contribution >= 4 is 46.3 Å². The first-order valence-electron chi connectivity index (χ1n) is 21.9. The molecule has 0 aromatic heterocycles. The molecule has 0 spiro atoms. The van der Waals surface area contributed by atoms with Crippen LogP contribution in [0.5, 0.6) is 0 Å². The van der Waals surface area contributed by atoms with Crippen LogP contribution in [0.2, 0.25) is 0 Å². The summed E-state index contributed by atoms with van der Waals surface area (Å²) in [7, 11) is 0. The van der Waals surface area contributed by atoms with Crippen molar-refractivity contribution < 1.29 is 67.8 Å². The lowest BCUT2D eigenvalue weighted by Crippen LogP contribution is -2.82. The van der Waals surface area contributed by atoms with Gasteiger partial charge >= 0.3 is 23.9 Å². The number of aliphatic hydroxyl groups excluding tert-OH is 2. The van der Waals surface area contributed by atoms with Crippen LogP contribution in [0.15, 0.2) is 114 Å². The van der Waals surface area contributed by atoms with Crippen molar-refractivity contribution in [2.24, 2.45) is 16.7 Å². The fraction of sp³-hybridized carbons (Fsp3) is 0.412. The van der Waals surface area contributed by atoms with Crippen LogP contribution < -0.4 is 5.32 Å². The Bertz CT molecular complexity index is 2620. The largest absolute Gasteiger partial charge is 0.456 e. The molecule has 2 bridgehead atoms. The molecule has 66 heavy (non-hydrogen) atoms. The molecule has 15 heteroatoms. The summed E-state index contributed by atoms with van der Waals surface area (Å²) < 4.78 is 30.4. The molecule has 15 nitrogen and oxygen atoms in total. The number of Topliss-reactive ketones (excluding diaryl/α,β-unsaturated/α-hetero) is 1. The number of hydrogen-bond donors (Lipinski definition) is 4. The molecule has 346 valence electrons. The molecule has 4 aromatic carbocycles. The van der Waals surface area contributed by atoms with Gasteiger partial charge in [-0.25, -0.2) is 9.59 Å². The van der Waals surface area contributed by atoms with Crippen molar-refractivity contribution in [3.63, 3.8) is 0 Å². The Hall–Kier alpha value is -6.26. The van der Waals surface area contributed by atoms with Crippen LogP contribution in [0.3, 0.4) is 0 Å². The summed E-state index contributed by atoms with van der Waals surface area (Å²) in [5.41, 5.74) is -7.05. The number of aliphatic hydroxyl groups is 3. The van der Waals surface area contributed by atoms with Crippen molar-refractivity contribution in [3.05, 3.63) is 131 Å². The van der Waals surface area contributed by atoms with Crippen molar-refractivity contribution in [2.75, 3.05) is 6.61 Å². The second-order valence-electron chi connectivity index (χ2n) is 18.5. The molecule has 0 unspecified atom stereocenters. The number of hydrogen-bond acceptors (Lipinski definition) is 14. The number of carbonyl (C=O) groups excluding carboxylic acids is 6. The molecule has 3 fully saturated rings. The van der Waals surface area contributed by atoms with Gasteiger partial charge in [0.1, 0.15) is 23.9 Å². The number of ketones is 1. The van der Waals surface area contributed by atoms with E-state index in [1.54, 1.807) is 86.6 Å². The molecule has 8 rings (SSSR count). The Morgan fingerprint density at radius 2 is 1.45 bits per heavy atom. The normalized spacial score (nSPS) is 30.7. The van der Waals surface area contributed by atoms with Gasteiger partial charge in [0.2, 0.25) is 0 Å². The maximum atomic E-state index is 15.6. The Kier molecular flexibility index (Phi) is 12.1. The van der Waals surface area contributed by atoms with Crippen molar-refractivity contribution in [1.82, 2.24) is 5.32 Å². The third-order valence-electron chi connectivity index (χ3n) is 14.5. The van der Waals surface area contributed by atoms with Crippen molar-refractivity contribution in [2.45, 2.75) is 108 Å². The van der Waals surface area contributed by atoms with Crippen LogP contribution >= 0.6 is 0 Å². The molecule has 4 aromatic rings. The first-order chi connectivity index (χ1) is 31.3. The maximum absolute atomic E-state index is 15.6. The molecule has 4 N–H and O–H groups in total. The highest BCUT2D eigenvalue weighted by molar-refractivity contribution is 6.07. The first kappa shape index (κ1) is 46.3. The van der Waals surface area contributed by atoms with Crippen LogP contribution in [0.4, 0.5) is 0 Å². The van der Waals surface area contributed by atoms with Crippen LogP contribution in [-0.2, 0) is 42.9 Å². The lowest BCUT2D eigenvalue weighted by Gasteiger charge is -2.67. The molecule has 1 saturated heterocycles. The van der Waals surface area contributed by atoms with Gasteiger partial charge in [0, 0.05) is 37.7 Å². The summed E-state index contributed by atoms with van der Waals surface area (Å²) in [6.45, 7) is 7.99. The summed E-state index contributed by atoms with van der Waals surface area (Å²) in [6, 6.07) is 27.2. The molecular formula is C51H53NO14. The number of carbonyl (C=O) groups is 6. The van der Waals surface area contributed by atoms with E-state index in [-0.39, 0.29) is 35.3 Å². The van der Waals surface area contributed by atoms with Gasteiger partial charge in [0.25, 0.3) is 5.91 Å². The monoisotopic (exact) mass is 903 g/mol. The summed E-state index contributed by atoms with van der Waals surface area (Å²) in [5, 5.41) is 42.1.